The molecule has 2 aliphatic rings. The van der Waals surface area contributed by atoms with Gasteiger partial charge in [0, 0.05) is 35.3 Å². The molecule has 1 N–H and O–H groups in total. The third-order valence-electron chi connectivity index (χ3n) is 5.51. The molecule has 2 unspecified atom stereocenters. The molecule has 2 atom stereocenters. The van der Waals surface area contributed by atoms with Crippen LogP contribution in [0.4, 0.5) is 0 Å². The van der Waals surface area contributed by atoms with Crippen LogP contribution in [0.3, 0.4) is 0 Å². The van der Waals surface area contributed by atoms with Crippen molar-refractivity contribution in [2.24, 2.45) is 0 Å². The predicted molar refractivity (Wildman–Crippen MR) is 101 cm³/mol. The minimum absolute atomic E-state index is 0.0107. The third-order valence-corrected chi connectivity index (χ3v) is 5.75. The van der Waals surface area contributed by atoms with Crippen LogP contribution in [0.25, 0.3) is 0 Å². The first-order chi connectivity index (χ1) is 12.2. The van der Waals surface area contributed by atoms with E-state index < -0.39 is 0 Å². The fourth-order valence-corrected chi connectivity index (χ4v) is 4.53. The summed E-state index contributed by atoms with van der Waals surface area (Å²) in [5.74, 6) is -0.0107. The molecule has 0 spiro atoms. The summed E-state index contributed by atoms with van der Waals surface area (Å²) < 4.78 is 0. The van der Waals surface area contributed by atoms with Crippen LogP contribution in [0.2, 0.25) is 5.02 Å². The van der Waals surface area contributed by atoms with Gasteiger partial charge in [-0.3, -0.25) is 9.69 Å². The lowest BCUT2D eigenvalue weighted by Gasteiger charge is -2.39. The SMILES string of the molecule is O=C(NC1CC2CCC(C1)N2Cc1ccccc1)c1cccc(Cl)c1. The van der Waals surface area contributed by atoms with Crippen molar-refractivity contribution in [3.05, 3.63) is 70.7 Å². The Kier molecular flexibility index (Phi) is 4.78. The van der Waals surface area contributed by atoms with E-state index in [0.29, 0.717) is 22.7 Å². The van der Waals surface area contributed by atoms with E-state index >= 15 is 0 Å². The average molecular weight is 355 g/mol. The molecule has 2 aliphatic heterocycles. The molecule has 4 rings (SSSR count). The van der Waals surface area contributed by atoms with Crippen molar-refractivity contribution in [2.75, 3.05) is 0 Å². The molecule has 0 aliphatic carbocycles. The minimum Gasteiger partial charge on any atom is -0.349 e. The second kappa shape index (κ2) is 7.19. The number of benzene rings is 2. The predicted octanol–water partition coefficient (Wildman–Crippen LogP) is 4.27. The van der Waals surface area contributed by atoms with E-state index in [1.165, 1.54) is 18.4 Å². The number of rotatable bonds is 4. The Labute approximate surface area is 154 Å². The lowest BCUT2D eigenvalue weighted by molar-refractivity contribution is 0.0828. The van der Waals surface area contributed by atoms with E-state index in [1.54, 1.807) is 12.1 Å². The molecular formula is C21H23ClN2O. The molecule has 130 valence electrons. The van der Waals surface area contributed by atoms with Crippen molar-refractivity contribution < 1.29 is 4.79 Å². The fraction of sp³-hybridized carbons (Fsp3) is 0.381. The van der Waals surface area contributed by atoms with Gasteiger partial charge in [-0.25, -0.2) is 0 Å². The van der Waals surface area contributed by atoms with Crippen molar-refractivity contribution in [1.29, 1.82) is 0 Å². The molecule has 2 heterocycles. The highest BCUT2D eigenvalue weighted by Gasteiger charge is 2.40. The van der Waals surface area contributed by atoms with Crippen LogP contribution >= 0.6 is 11.6 Å². The largest absolute Gasteiger partial charge is 0.349 e. The Bertz CT molecular complexity index is 735. The van der Waals surface area contributed by atoms with E-state index in [-0.39, 0.29) is 11.9 Å². The third kappa shape index (κ3) is 3.73. The van der Waals surface area contributed by atoms with E-state index in [9.17, 15) is 4.79 Å². The first-order valence-corrected chi connectivity index (χ1v) is 9.43. The molecule has 3 nitrogen and oxygen atoms in total. The Hall–Kier alpha value is -1.84. The first-order valence-electron chi connectivity index (χ1n) is 9.05. The van der Waals surface area contributed by atoms with Crippen molar-refractivity contribution in [1.82, 2.24) is 10.2 Å². The van der Waals surface area contributed by atoms with E-state index in [1.807, 2.05) is 12.1 Å². The molecule has 2 aromatic carbocycles. The highest BCUT2D eigenvalue weighted by Crippen LogP contribution is 2.36. The maximum absolute atomic E-state index is 12.5. The average Bonchev–Trinajstić information content (AvgIpc) is 2.85. The molecule has 1 amide bonds. The highest BCUT2D eigenvalue weighted by atomic mass is 35.5. The second-order valence-electron chi connectivity index (χ2n) is 7.20. The zero-order valence-corrected chi connectivity index (χ0v) is 15.0. The van der Waals surface area contributed by atoms with Crippen LogP contribution < -0.4 is 5.32 Å². The normalized spacial score (nSPS) is 25.7. The molecular weight excluding hydrogens is 332 g/mol. The molecule has 0 saturated carbocycles. The van der Waals surface area contributed by atoms with Crippen LogP contribution in [0.5, 0.6) is 0 Å². The monoisotopic (exact) mass is 354 g/mol. The smallest absolute Gasteiger partial charge is 0.251 e. The van der Waals surface area contributed by atoms with Gasteiger partial charge in [-0.05, 0) is 49.4 Å². The molecule has 2 aromatic rings. The van der Waals surface area contributed by atoms with Crippen LogP contribution in [0, 0.1) is 0 Å². The number of hydrogen-bond acceptors (Lipinski definition) is 2. The number of carbonyl (C=O) groups excluding carboxylic acids is 1. The number of carbonyl (C=O) groups is 1. The minimum atomic E-state index is -0.0107. The van der Waals surface area contributed by atoms with Crippen molar-refractivity contribution in [3.8, 4) is 0 Å². The van der Waals surface area contributed by atoms with Crippen LogP contribution in [0.15, 0.2) is 54.6 Å². The van der Waals surface area contributed by atoms with Gasteiger partial charge >= 0.3 is 0 Å². The zero-order valence-electron chi connectivity index (χ0n) is 14.2. The number of halogens is 1. The topological polar surface area (TPSA) is 32.3 Å². The quantitative estimate of drug-likeness (QED) is 0.889. The van der Waals surface area contributed by atoms with Crippen LogP contribution in [-0.2, 0) is 6.54 Å². The molecule has 0 radical (unpaired) electrons. The number of hydrogen-bond donors (Lipinski definition) is 1. The molecule has 2 fully saturated rings. The van der Waals surface area contributed by atoms with Crippen molar-refractivity contribution >= 4 is 17.5 Å². The molecule has 2 saturated heterocycles. The summed E-state index contributed by atoms with van der Waals surface area (Å²) >= 11 is 6.00. The van der Waals surface area contributed by atoms with Gasteiger partial charge in [-0.2, -0.15) is 0 Å². The van der Waals surface area contributed by atoms with E-state index in [4.69, 9.17) is 11.6 Å². The van der Waals surface area contributed by atoms with Gasteiger partial charge < -0.3 is 5.32 Å². The van der Waals surface area contributed by atoms with E-state index in [0.717, 1.165) is 19.4 Å². The fourth-order valence-electron chi connectivity index (χ4n) is 4.34. The maximum Gasteiger partial charge on any atom is 0.251 e. The summed E-state index contributed by atoms with van der Waals surface area (Å²) in [6.07, 6.45) is 4.55. The van der Waals surface area contributed by atoms with Crippen molar-refractivity contribution in [3.63, 3.8) is 0 Å². The van der Waals surface area contributed by atoms with Gasteiger partial charge in [-0.15, -0.1) is 0 Å². The van der Waals surface area contributed by atoms with Gasteiger partial charge in [-0.1, -0.05) is 48.0 Å². The standard InChI is InChI=1S/C21H23ClN2O/c22-17-8-4-7-16(11-17)21(25)23-18-12-19-9-10-20(13-18)24(19)14-15-5-2-1-3-6-15/h1-8,11,18-20H,9-10,12-14H2,(H,23,25). The van der Waals surface area contributed by atoms with Gasteiger partial charge in [0.2, 0.25) is 0 Å². The van der Waals surface area contributed by atoms with Gasteiger partial charge in [0.05, 0.1) is 0 Å². The Morgan fingerprint density at radius 3 is 2.44 bits per heavy atom. The summed E-state index contributed by atoms with van der Waals surface area (Å²) in [5.41, 5.74) is 2.02. The number of fused-ring (bicyclic) bond motifs is 2. The highest BCUT2D eigenvalue weighted by molar-refractivity contribution is 6.30. The van der Waals surface area contributed by atoms with Crippen LogP contribution in [0.1, 0.15) is 41.6 Å². The molecule has 2 bridgehead atoms. The van der Waals surface area contributed by atoms with E-state index in [2.05, 4.69) is 40.5 Å². The number of piperidine rings is 1. The maximum atomic E-state index is 12.5. The molecule has 4 heteroatoms. The van der Waals surface area contributed by atoms with Crippen LogP contribution in [-0.4, -0.2) is 28.9 Å². The summed E-state index contributed by atoms with van der Waals surface area (Å²) in [6.45, 7) is 1.02. The number of nitrogens with one attached hydrogen (secondary N) is 1. The van der Waals surface area contributed by atoms with Gasteiger partial charge in [0.25, 0.3) is 5.91 Å². The zero-order chi connectivity index (χ0) is 17.2. The first kappa shape index (κ1) is 16.6. The number of amides is 1. The lowest BCUT2D eigenvalue weighted by Crippen LogP contribution is -2.49. The number of nitrogens with zero attached hydrogens (tertiary/aromatic N) is 1. The Balaban J connectivity index is 1.39. The summed E-state index contributed by atoms with van der Waals surface area (Å²) in [5, 5.41) is 3.83. The summed E-state index contributed by atoms with van der Waals surface area (Å²) in [6, 6.07) is 19.3. The Morgan fingerprint density at radius 1 is 1.04 bits per heavy atom. The summed E-state index contributed by atoms with van der Waals surface area (Å²) in [4.78, 5) is 15.1. The Morgan fingerprint density at radius 2 is 1.76 bits per heavy atom. The molecule has 0 aromatic heterocycles. The van der Waals surface area contributed by atoms with Gasteiger partial charge in [0.1, 0.15) is 0 Å². The van der Waals surface area contributed by atoms with Gasteiger partial charge in [0.15, 0.2) is 0 Å². The second-order valence-corrected chi connectivity index (χ2v) is 7.63. The summed E-state index contributed by atoms with van der Waals surface area (Å²) in [7, 11) is 0. The lowest BCUT2D eigenvalue weighted by atomic mass is 9.96. The van der Waals surface area contributed by atoms with Crippen molar-refractivity contribution in [2.45, 2.75) is 50.4 Å². The molecule has 25 heavy (non-hydrogen) atoms.